The number of benzene rings is 1. The van der Waals surface area contributed by atoms with Crippen LogP contribution in [0.5, 0.6) is 0 Å². The summed E-state index contributed by atoms with van der Waals surface area (Å²) in [6, 6.07) is 5.45. The number of alkyl halides is 1. The second-order valence-electron chi connectivity index (χ2n) is 5.24. The maximum atomic E-state index is 12.1. The van der Waals surface area contributed by atoms with Gasteiger partial charge in [-0.1, -0.05) is 17.7 Å². The molecule has 0 aromatic heterocycles. The third-order valence-corrected chi connectivity index (χ3v) is 5.55. The van der Waals surface area contributed by atoms with Crippen LogP contribution in [0.3, 0.4) is 0 Å². The van der Waals surface area contributed by atoms with Crippen molar-refractivity contribution in [1.29, 1.82) is 0 Å². The average molecular weight is 316 g/mol. The first-order chi connectivity index (χ1) is 9.34. The maximum absolute atomic E-state index is 12.1. The topological polar surface area (TPSA) is 54.5 Å². The van der Waals surface area contributed by atoms with Gasteiger partial charge in [0.05, 0.1) is 17.5 Å². The lowest BCUT2D eigenvalue weighted by atomic mass is 10.1. The van der Waals surface area contributed by atoms with E-state index >= 15 is 0 Å². The van der Waals surface area contributed by atoms with Crippen LogP contribution >= 0.6 is 11.6 Å². The summed E-state index contributed by atoms with van der Waals surface area (Å²) >= 11 is 5.69. The lowest BCUT2D eigenvalue weighted by molar-refractivity contribution is -0.116. The Morgan fingerprint density at radius 1 is 1.40 bits per heavy atom. The molecule has 1 saturated heterocycles. The molecule has 1 heterocycles. The molecule has 2 rings (SSSR count). The zero-order valence-corrected chi connectivity index (χ0v) is 13.2. The van der Waals surface area contributed by atoms with E-state index in [0.717, 1.165) is 16.8 Å². The molecular formula is C14H18ClNO3S. The van der Waals surface area contributed by atoms with Crippen LogP contribution in [0, 0.1) is 13.8 Å². The highest BCUT2D eigenvalue weighted by molar-refractivity contribution is 7.91. The predicted octanol–water partition coefficient (Wildman–Crippen LogP) is 2.06. The monoisotopic (exact) mass is 315 g/mol. The van der Waals surface area contributed by atoms with Gasteiger partial charge in [-0.25, -0.2) is 8.42 Å². The van der Waals surface area contributed by atoms with Crippen LogP contribution in [0.2, 0.25) is 0 Å². The summed E-state index contributed by atoms with van der Waals surface area (Å²) < 4.78 is 23.3. The van der Waals surface area contributed by atoms with Gasteiger partial charge in [0.2, 0.25) is 5.91 Å². The van der Waals surface area contributed by atoms with Crippen molar-refractivity contribution in [3.63, 3.8) is 0 Å². The largest absolute Gasteiger partial charge is 0.307 e. The summed E-state index contributed by atoms with van der Waals surface area (Å²) in [7, 11) is -3.05. The summed E-state index contributed by atoms with van der Waals surface area (Å²) in [4.78, 5) is 13.7. The Morgan fingerprint density at radius 2 is 2.10 bits per heavy atom. The van der Waals surface area contributed by atoms with Crippen LogP contribution < -0.4 is 4.90 Å². The quantitative estimate of drug-likeness (QED) is 0.802. The summed E-state index contributed by atoms with van der Waals surface area (Å²) in [6.45, 7) is 3.89. The van der Waals surface area contributed by atoms with E-state index in [4.69, 9.17) is 11.6 Å². The molecular weight excluding hydrogens is 298 g/mol. The zero-order chi connectivity index (χ0) is 14.9. The molecule has 1 aliphatic heterocycles. The lowest BCUT2D eigenvalue weighted by Crippen LogP contribution is -2.42. The number of hydrogen-bond acceptors (Lipinski definition) is 3. The van der Waals surface area contributed by atoms with E-state index < -0.39 is 9.84 Å². The van der Waals surface area contributed by atoms with Crippen molar-refractivity contribution in [2.24, 2.45) is 0 Å². The van der Waals surface area contributed by atoms with Crippen LogP contribution in [0.1, 0.15) is 17.5 Å². The van der Waals surface area contributed by atoms with Gasteiger partial charge >= 0.3 is 0 Å². The molecule has 1 aromatic carbocycles. The van der Waals surface area contributed by atoms with Gasteiger partial charge < -0.3 is 4.90 Å². The van der Waals surface area contributed by atoms with Crippen LogP contribution in [0.15, 0.2) is 18.2 Å². The Labute approximate surface area is 124 Å². The molecule has 6 heteroatoms. The van der Waals surface area contributed by atoms with Gasteiger partial charge in [0, 0.05) is 5.69 Å². The molecule has 0 bridgehead atoms. The number of carbonyl (C=O) groups is 1. The standard InChI is InChI=1S/C14H18ClNO3S/c1-10-3-4-13(11(2)7-10)16(14(17)8-15)12-5-6-20(18,19)9-12/h3-4,7,12H,5-6,8-9H2,1-2H3. The number of aryl methyl sites for hydroxylation is 2. The highest BCUT2D eigenvalue weighted by Crippen LogP contribution is 2.28. The molecule has 0 radical (unpaired) electrons. The molecule has 0 spiro atoms. The summed E-state index contributed by atoms with van der Waals surface area (Å²) in [6.07, 6.45) is 0.471. The van der Waals surface area contributed by atoms with Crippen molar-refractivity contribution < 1.29 is 13.2 Å². The fraction of sp³-hybridized carbons (Fsp3) is 0.500. The molecule has 1 aromatic rings. The van der Waals surface area contributed by atoms with E-state index in [9.17, 15) is 13.2 Å². The molecule has 0 aliphatic carbocycles. The van der Waals surface area contributed by atoms with Crippen molar-refractivity contribution >= 4 is 33.0 Å². The van der Waals surface area contributed by atoms with Gasteiger partial charge in [0.1, 0.15) is 5.88 Å². The van der Waals surface area contributed by atoms with Crippen LogP contribution in [0.4, 0.5) is 5.69 Å². The van der Waals surface area contributed by atoms with E-state index in [2.05, 4.69) is 0 Å². The second-order valence-corrected chi connectivity index (χ2v) is 7.74. The second kappa shape index (κ2) is 5.74. The Kier molecular flexibility index (Phi) is 4.39. The third kappa shape index (κ3) is 3.15. The molecule has 1 amide bonds. The fourth-order valence-electron chi connectivity index (χ4n) is 2.65. The van der Waals surface area contributed by atoms with Crippen molar-refractivity contribution in [1.82, 2.24) is 0 Å². The van der Waals surface area contributed by atoms with E-state index in [1.54, 1.807) is 4.90 Å². The number of carbonyl (C=O) groups excluding carboxylic acids is 1. The Balaban J connectivity index is 2.40. The number of nitrogens with zero attached hydrogens (tertiary/aromatic N) is 1. The van der Waals surface area contributed by atoms with Gasteiger partial charge in [-0.15, -0.1) is 11.6 Å². The van der Waals surface area contributed by atoms with Crippen molar-refractivity contribution in [2.75, 3.05) is 22.3 Å². The summed E-state index contributed by atoms with van der Waals surface area (Å²) in [5.74, 6) is -0.248. The molecule has 0 N–H and O–H groups in total. The van der Waals surface area contributed by atoms with Crippen LogP contribution in [0.25, 0.3) is 0 Å². The van der Waals surface area contributed by atoms with E-state index in [1.165, 1.54) is 0 Å². The predicted molar refractivity (Wildman–Crippen MR) is 81.2 cm³/mol. The minimum atomic E-state index is -3.05. The summed E-state index contributed by atoms with van der Waals surface area (Å²) in [5.41, 5.74) is 2.81. The van der Waals surface area contributed by atoms with E-state index in [0.29, 0.717) is 6.42 Å². The summed E-state index contributed by atoms with van der Waals surface area (Å²) in [5, 5.41) is 0. The highest BCUT2D eigenvalue weighted by atomic mass is 35.5. The lowest BCUT2D eigenvalue weighted by Gasteiger charge is -2.29. The fourth-order valence-corrected chi connectivity index (χ4v) is 4.48. The van der Waals surface area contributed by atoms with Gasteiger partial charge in [-0.3, -0.25) is 4.79 Å². The highest BCUT2D eigenvalue weighted by Gasteiger charge is 2.35. The van der Waals surface area contributed by atoms with Gasteiger partial charge in [0.15, 0.2) is 9.84 Å². The molecule has 1 fully saturated rings. The SMILES string of the molecule is Cc1ccc(N(C(=O)CCl)C2CCS(=O)(=O)C2)c(C)c1. The first kappa shape index (κ1) is 15.3. The van der Waals surface area contributed by atoms with Gasteiger partial charge in [-0.2, -0.15) is 0 Å². The molecule has 1 atom stereocenters. The Morgan fingerprint density at radius 3 is 2.60 bits per heavy atom. The molecule has 4 nitrogen and oxygen atoms in total. The van der Waals surface area contributed by atoms with Gasteiger partial charge in [0.25, 0.3) is 0 Å². The first-order valence-corrected chi connectivity index (χ1v) is 8.85. The molecule has 1 unspecified atom stereocenters. The van der Waals surface area contributed by atoms with Crippen molar-refractivity contribution in [3.8, 4) is 0 Å². The average Bonchev–Trinajstić information content (AvgIpc) is 2.72. The first-order valence-electron chi connectivity index (χ1n) is 6.50. The minimum Gasteiger partial charge on any atom is -0.307 e. The van der Waals surface area contributed by atoms with Crippen LogP contribution in [-0.2, 0) is 14.6 Å². The number of rotatable bonds is 3. The third-order valence-electron chi connectivity index (χ3n) is 3.57. The maximum Gasteiger partial charge on any atom is 0.242 e. The number of amides is 1. The minimum absolute atomic E-state index is 0.0168. The van der Waals surface area contributed by atoms with Crippen LogP contribution in [-0.4, -0.2) is 37.8 Å². The van der Waals surface area contributed by atoms with Crippen molar-refractivity contribution in [2.45, 2.75) is 26.3 Å². The number of halogens is 1. The zero-order valence-electron chi connectivity index (χ0n) is 11.6. The van der Waals surface area contributed by atoms with E-state index in [1.807, 2.05) is 32.0 Å². The van der Waals surface area contributed by atoms with Gasteiger partial charge in [-0.05, 0) is 31.9 Å². The van der Waals surface area contributed by atoms with Crippen molar-refractivity contribution in [3.05, 3.63) is 29.3 Å². The van der Waals surface area contributed by atoms with E-state index in [-0.39, 0.29) is 29.3 Å². The number of hydrogen-bond donors (Lipinski definition) is 0. The molecule has 0 saturated carbocycles. The number of sulfone groups is 1. The number of anilines is 1. The Bertz CT molecular complexity index is 627. The molecule has 20 heavy (non-hydrogen) atoms. The Hall–Kier alpha value is -1.07. The smallest absolute Gasteiger partial charge is 0.242 e. The normalized spacial score (nSPS) is 20.9. The molecule has 1 aliphatic rings. The molecule has 110 valence electrons.